The Balaban J connectivity index is 1.51. The molecule has 1 fully saturated rings. The van der Waals surface area contributed by atoms with E-state index in [9.17, 15) is 14.4 Å². The van der Waals surface area contributed by atoms with E-state index in [1.807, 2.05) is 39.0 Å². The molecule has 0 bridgehead atoms. The number of aromatic nitrogens is 1. The van der Waals surface area contributed by atoms with Crippen molar-refractivity contribution in [2.45, 2.75) is 40.5 Å². The van der Waals surface area contributed by atoms with E-state index in [0.717, 1.165) is 33.1 Å². The Morgan fingerprint density at radius 2 is 1.66 bits per heavy atom. The molecule has 180 valence electrons. The largest absolute Gasteiger partial charge is 0.329 e. The summed E-state index contributed by atoms with van der Waals surface area (Å²) in [6.45, 7) is 9.89. The molecule has 0 spiro atoms. The van der Waals surface area contributed by atoms with Gasteiger partial charge >= 0.3 is 6.03 Å². The second kappa shape index (κ2) is 9.62. The number of rotatable bonds is 6. The van der Waals surface area contributed by atoms with Crippen molar-refractivity contribution in [1.82, 2.24) is 14.8 Å². The molecule has 1 aliphatic heterocycles. The maximum Gasteiger partial charge on any atom is 0.329 e. The van der Waals surface area contributed by atoms with Crippen LogP contribution in [0.15, 0.2) is 60.3 Å². The molecule has 4 rings (SSSR count). The van der Waals surface area contributed by atoms with E-state index in [2.05, 4.69) is 53.3 Å². The highest BCUT2D eigenvalue weighted by atomic mass is 16.2. The first kappa shape index (κ1) is 24.0. The van der Waals surface area contributed by atoms with Crippen LogP contribution >= 0.6 is 0 Å². The molecule has 0 unspecified atom stereocenters. The molecule has 0 radical (unpaired) electrons. The zero-order chi connectivity index (χ0) is 25.3. The van der Waals surface area contributed by atoms with E-state index >= 15 is 0 Å². The lowest BCUT2D eigenvalue weighted by Gasteiger charge is -2.12. The normalized spacial score (nSPS) is 14.7. The first-order valence-corrected chi connectivity index (χ1v) is 11.6. The summed E-state index contributed by atoms with van der Waals surface area (Å²) in [5.74, 6) is -0.517. The lowest BCUT2D eigenvalue weighted by molar-refractivity contribution is -0.127. The number of anilines is 1. The Morgan fingerprint density at radius 1 is 1.00 bits per heavy atom. The maximum absolute atomic E-state index is 12.9. The lowest BCUT2D eigenvalue weighted by Crippen LogP contribution is -2.38. The van der Waals surface area contributed by atoms with Gasteiger partial charge < -0.3 is 15.2 Å². The molecule has 0 atom stereocenters. The molecule has 7 heteroatoms. The molecular weight excluding hydrogens is 440 g/mol. The molecule has 1 aliphatic rings. The van der Waals surface area contributed by atoms with E-state index < -0.39 is 17.8 Å². The summed E-state index contributed by atoms with van der Waals surface area (Å²) in [5, 5.41) is 5.32. The number of hydrogen-bond acceptors (Lipinski definition) is 3. The van der Waals surface area contributed by atoms with Gasteiger partial charge in [0.2, 0.25) is 5.91 Å². The van der Waals surface area contributed by atoms with Crippen LogP contribution in [0.3, 0.4) is 0 Å². The van der Waals surface area contributed by atoms with Crippen LogP contribution in [-0.2, 0) is 9.59 Å². The maximum atomic E-state index is 12.9. The molecule has 3 aromatic rings. The van der Waals surface area contributed by atoms with Crippen LogP contribution in [0, 0.1) is 20.8 Å². The van der Waals surface area contributed by atoms with Gasteiger partial charge in [0.1, 0.15) is 12.2 Å². The standard InChI is InChI=1S/C28H30N4O3/c1-17(2)21-8-12-24(13-9-21)32-19(4)14-22(20(32)5)15-25-27(34)31(28(35)30-25)16-26(33)29-23-10-6-18(3)7-11-23/h6-15,17H,16H2,1-5H3,(H,29,33)(H,30,35)/b25-15-. The average molecular weight is 471 g/mol. The number of nitrogens with one attached hydrogen (secondary N) is 2. The molecule has 4 amide bonds. The molecule has 1 aromatic heterocycles. The lowest BCUT2D eigenvalue weighted by atomic mass is 10.0. The molecule has 2 heterocycles. The first-order valence-electron chi connectivity index (χ1n) is 11.6. The van der Waals surface area contributed by atoms with Gasteiger partial charge in [-0.25, -0.2) is 9.69 Å². The fraction of sp³-hybridized carbons (Fsp3) is 0.250. The van der Waals surface area contributed by atoms with Crippen molar-refractivity contribution in [3.63, 3.8) is 0 Å². The van der Waals surface area contributed by atoms with Crippen LogP contribution in [0.4, 0.5) is 10.5 Å². The van der Waals surface area contributed by atoms with Crippen molar-refractivity contribution < 1.29 is 14.4 Å². The molecule has 0 aliphatic carbocycles. The number of hydrogen-bond donors (Lipinski definition) is 2. The van der Waals surface area contributed by atoms with Crippen molar-refractivity contribution in [2.24, 2.45) is 0 Å². The van der Waals surface area contributed by atoms with Crippen LogP contribution in [-0.4, -0.2) is 33.9 Å². The van der Waals surface area contributed by atoms with Crippen LogP contribution in [0.25, 0.3) is 11.8 Å². The summed E-state index contributed by atoms with van der Waals surface area (Å²) < 4.78 is 2.12. The van der Waals surface area contributed by atoms with Crippen molar-refractivity contribution in [1.29, 1.82) is 0 Å². The minimum Gasteiger partial charge on any atom is -0.325 e. The van der Waals surface area contributed by atoms with Gasteiger partial charge in [0.05, 0.1) is 0 Å². The topological polar surface area (TPSA) is 83.4 Å². The van der Waals surface area contributed by atoms with Gasteiger partial charge in [-0.3, -0.25) is 9.59 Å². The molecule has 7 nitrogen and oxygen atoms in total. The number of nitrogens with zero attached hydrogens (tertiary/aromatic N) is 2. The second-order valence-corrected chi connectivity index (χ2v) is 9.20. The van der Waals surface area contributed by atoms with E-state index in [0.29, 0.717) is 11.6 Å². The van der Waals surface area contributed by atoms with E-state index in [4.69, 9.17) is 0 Å². The Morgan fingerprint density at radius 3 is 2.29 bits per heavy atom. The number of amides is 4. The minimum atomic E-state index is -0.613. The van der Waals surface area contributed by atoms with Crippen molar-refractivity contribution in [3.8, 4) is 5.69 Å². The SMILES string of the molecule is Cc1ccc(NC(=O)CN2C(=O)N/C(=C\c3cc(C)n(-c4ccc(C(C)C)cc4)c3C)C2=O)cc1. The van der Waals surface area contributed by atoms with Gasteiger partial charge in [0.25, 0.3) is 5.91 Å². The van der Waals surface area contributed by atoms with Crippen LogP contribution < -0.4 is 10.6 Å². The van der Waals surface area contributed by atoms with Crippen LogP contribution in [0.5, 0.6) is 0 Å². The van der Waals surface area contributed by atoms with E-state index in [-0.39, 0.29) is 12.2 Å². The average Bonchev–Trinajstić information content (AvgIpc) is 3.24. The van der Waals surface area contributed by atoms with Crippen molar-refractivity contribution >= 4 is 29.6 Å². The molecule has 35 heavy (non-hydrogen) atoms. The fourth-order valence-electron chi connectivity index (χ4n) is 4.19. The van der Waals surface area contributed by atoms with Crippen molar-refractivity contribution in [3.05, 3.63) is 88.4 Å². The summed E-state index contributed by atoms with van der Waals surface area (Å²) in [7, 11) is 0. The van der Waals surface area contributed by atoms with E-state index in [1.54, 1.807) is 18.2 Å². The predicted molar refractivity (Wildman–Crippen MR) is 137 cm³/mol. The molecule has 1 saturated heterocycles. The number of carbonyl (C=O) groups excluding carboxylic acids is 3. The van der Waals surface area contributed by atoms with Gasteiger partial charge in [0.15, 0.2) is 0 Å². The van der Waals surface area contributed by atoms with Gasteiger partial charge in [-0.1, -0.05) is 43.7 Å². The second-order valence-electron chi connectivity index (χ2n) is 9.20. The third-order valence-electron chi connectivity index (χ3n) is 6.19. The fourth-order valence-corrected chi connectivity index (χ4v) is 4.19. The summed E-state index contributed by atoms with van der Waals surface area (Å²) in [5.41, 5.74) is 6.91. The van der Waals surface area contributed by atoms with Gasteiger partial charge in [-0.05, 0) is 74.2 Å². The Bertz CT molecular complexity index is 1320. The van der Waals surface area contributed by atoms with Crippen molar-refractivity contribution in [2.75, 3.05) is 11.9 Å². The Kier molecular flexibility index (Phi) is 6.60. The molecule has 0 saturated carbocycles. The number of aryl methyl sites for hydroxylation is 2. The molecule has 2 aromatic carbocycles. The van der Waals surface area contributed by atoms with Crippen LogP contribution in [0.1, 0.15) is 47.8 Å². The third kappa shape index (κ3) is 5.04. The first-order chi connectivity index (χ1) is 16.6. The molecule has 2 N–H and O–H groups in total. The minimum absolute atomic E-state index is 0.147. The van der Waals surface area contributed by atoms with Gasteiger partial charge in [0, 0.05) is 22.8 Å². The van der Waals surface area contributed by atoms with Crippen LogP contribution in [0.2, 0.25) is 0 Å². The Labute approximate surface area is 205 Å². The summed E-state index contributed by atoms with van der Waals surface area (Å²) >= 11 is 0. The summed E-state index contributed by atoms with van der Waals surface area (Å²) in [6.07, 6.45) is 1.67. The number of carbonyl (C=O) groups is 3. The Hall–Kier alpha value is -4.13. The number of benzene rings is 2. The summed E-state index contributed by atoms with van der Waals surface area (Å²) in [4.78, 5) is 38.7. The van der Waals surface area contributed by atoms with Gasteiger partial charge in [-0.2, -0.15) is 0 Å². The highest BCUT2D eigenvalue weighted by Gasteiger charge is 2.35. The zero-order valence-corrected chi connectivity index (χ0v) is 20.7. The van der Waals surface area contributed by atoms with Gasteiger partial charge in [-0.15, -0.1) is 0 Å². The number of urea groups is 1. The zero-order valence-electron chi connectivity index (χ0n) is 20.7. The smallest absolute Gasteiger partial charge is 0.325 e. The highest BCUT2D eigenvalue weighted by Crippen LogP contribution is 2.25. The van der Waals surface area contributed by atoms with E-state index in [1.165, 1.54) is 5.56 Å². The number of imide groups is 1. The quantitative estimate of drug-likeness (QED) is 0.390. The molecular formula is C28H30N4O3. The summed E-state index contributed by atoms with van der Waals surface area (Å²) in [6, 6.07) is 17.1. The third-order valence-corrected chi connectivity index (χ3v) is 6.19. The highest BCUT2D eigenvalue weighted by molar-refractivity contribution is 6.16. The predicted octanol–water partition coefficient (Wildman–Crippen LogP) is 5.06. The monoisotopic (exact) mass is 470 g/mol.